The van der Waals surface area contributed by atoms with Gasteiger partial charge in [0, 0.05) is 0 Å². The molecule has 11 heavy (non-hydrogen) atoms. The van der Waals surface area contributed by atoms with Gasteiger partial charge in [0.05, 0.1) is 0 Å². The van der Waals surface area contributed by atoms with E-state index in [-0.39, 0.29) is 11.8 Å². The average Bonchev–Trinajstić information content (AvgIpc) is 2.04. The summed E-state index contributed by atoms with van der Waals surface area (Å²) in [6.45, 7) is 3.58. The molecule has 0 heterocycles. The van der Waals surface area contributed by atoms with Crippen LogP contribution in [0.25, 0.3) is 0 Å². The number of rotatable bonds is 4. The first-order chi connectivity index (χ1) is 5.20. The van der Waals surface area contributed by atoms with Crippen molar-refractivity contribution in [3.63, 3.8) is 0 Å². The molecule has 5 heteroatoms. The van der Waals surface area contributed by atoms with Gasteiger partial charge in [-0.25, -0.2) is 0 Å². The molecule has 0 aliphatic carbocycles. The Hall–Kier alpha value is -0.190. The van der Waals surface area contributed by atoms with Gasteiger partial charge in [0.1, 0.15) is 0 Å². The van der Waals surface area contributed by atoms with E-state index in [0.29, 0.717) is 12.8 Å². The summed E-state index contributed by atoms with van der Waals surface area (Å²) in [5, 5.41) is 0. The Morgan fingerprint density at radius 3 is 1.73 bits per heavy atom. The molecular weight excluding hydrogens is 247 g/mol. The molecule has 0 aliphatic rings. The third-order valence-electron chi connectivity index (χ3n) is 1.11. The van der Waals surface area contributed by atoms with Crippen LogP contribution in [0.3, 0.4) is 0 Å². The molecule has 0 aliphatic heterocycles. The molecule has 2 amide bonds. The molecule has 0 saturated carbocycles. The molecule has 0 fully saturated rings. The Morgan fingerprint density at radius 2 is 1.45 bits per heavy atom. The van der Waals surface area contributed by atoms with Gasteiger partial charge in [-0.1, -0.05) is 0 Å². The second kappa shape index (κ2) is 6.52. The maximum absolute atomic E-state index is 10.7. The van der Waals surface area contributed by atoms with E-state index in [4.69, 9.17) is 0 Å². The number of carbonyl (C=O) groups is 2. The Kier molecular flexibility index (Phi) is 6.40. The summed E-state index contributed by atoms with van der Waals surface area (Å²) in [5.41, 5.74) is 0. The Labute approximate surface area is 78.3 Å². The summed E-state index contributed by atoms with van der Waals surface area (Å²) >= 11 is -1.32. The fraction of sp³-hybridized carbons (Fsp3) is 0.667. The Bertz CT molecular complexity index is 134. The molecule has 0 rings (SSSR count). The molecule has 0 aromatic rings. The quantitative estimate of drug-likeness (QED) is 0.720. The van der Waals surface area contributed by atoms with E-state index in [9.17, 15) is 9.59 Å². The van der Waals surface area contributed by atoms with Crippen molar-refractivity contribution in [2.45, 2.75) is 26.7 Å². The third kappa shape index (κ3) is 6.22. The van der Waals surface area contributed by atoms with Crippen molar-refractivity contribution in [3.8, 4) is 0 Å². The molecule has 0 bridgehead atoms. The van der Waals surface area contributed by atoms with Gasteiger partial charge < -0.3 is 0 Å². The van der Waals surface area contributed by atoms with E-state index >= 15 is 0 Å². The van der Waals surface area contributed by atoms with Crippen molar-refractivity contribution in [1.29, 1.82) is 0 Å². The van der Waals surface area contributed by atoms with Gasteiger partial charge in [-0.05, 0) is 0 Å². The van der Waals surface area contributed by atoms with Crippen molar-refractivity contribution in [1.82, 2.24) is 6.61 Å². The van der Waals surface area contributed by atoms with Gasteiger partial charge in [0.25, 0.3) is 0 Å². The number of amides is 2. The van der Waals surface area contributed by atoms with Crippen LogP contribution in [0.1, 0.15) is 26.7 Å². The molecule has 4 nitrogen and oxygen atoms in total. The van der Waals surface area contributed by atoms with Crippen LogP contribution in [0.15, 0.2) is 0 Å². The van der Waals surface area contributed by atoms with Crippen LogP contribution < -0.4 is 6.61 Å². The number of hydrogen-bond donors (Lipinski definition) is 2. The summed E-state index contributed by atoms with van der Waals surface area (Å²) in [7, 11) is 0. The van der Waals surface area contributed by atoms with E-state index < -0.39 is 23.5 Å². The van der Waals surface area contributed by atoms with Crippen molar-refractivity contribution in [2.24, 2.45) is 0 Å². The zero-order valence-corrected chi connectivity index (χ0v) is 10.1. The molecule has 0 saturated heterocycles. The second-order valence-electron chi connectivity index (χ2n) is 1.99. The molecule has 1 radical (unpaired) electrons. The van der Waals surface area contributed by atoms with Gasteiger partial charge in [-0.15, -0.1) is 0 Å². The standard InChI is InChI=1S/2C3H7NO.In/c2*1-2-3(4)5;/h2*2H2,1H3,(H2,4,5);/q;;+2/p-2. The van der Waals surface area contributed by atoms with Crippen LogP contribution in [0.2, 0.25) is 0 Å². The number of carbonyl (C=O) groups excluding carboxylic acids is 2. The summed E-state index contributed by atoms with van der Waals surface area (Å²) < 4.78 is 5.43. The van der Waals surface area contributed by atoms with E-state index in [0.717, 1.165) is 0 Å². The van der Waals surface area contributed by atoms with Crippen LogP contribution in [0.4, 0.5) is 0 Å². The maximum atomic E-state index is 10.7. The zero-order valence-electron chi connectivity index (χ0n) is 6.81. The Balaban J connectivity index is 3.27. The first-order valence-corrected chi connectivity index (χ1v) is 6.90. The SMILES string of the molecule is CCC(=O)[NH][In][NH]C(=O)CC. The van der Waals surface area contributed by atoms with E-state index in [2.05, 4.69) is 6.61 Å². The topological polar surface area (TPSA) is 58.2 Å². The predicted octanol–water partition coefficient (Wildman–Crippen LogP) is -0.427. The first-order valence-electron chi connectivity index (χ1n) is 3.61. The average molecular weight is 259 g/mol. The van der Waals surface area contributed by atoms with Crippen LogP contribution in [-0.2, 0) is 9.59 Å². The molecule has 0 aromatic carbocycles. The van der Waals surface area contributed by atoms with Crippen molar-refractivity contribution in [2.75, 3.05) is 0 Å². The summed E-state index contributed by atoms with van der Waals surface area (Å²) in [6.07, 6.45) is 0.988. The van der Waals surface area contributed by atoms with Crippen molar-refractivity contribution < 1.29 is 9.59 Å². The molecule has 0 unspecified atom stereocenters. The summed E-state index contributed by atoms with van der Waals surface area (Å²) in [4.78, 5) is 21.3. The normalized spacial score (nSPS) is 8.55. The van der Waals surface area contributed by atoms with Crippen LogP contribution in [0.5, 0.6) is 0 Å². The van der Waals surface area contributed by atoms with Crippen LogP contribution in [-0.4, -0.2) is 35.3 Å². The Morgan fingerprint density at radius 1 is 1.09 bits per heavy atom. The third-order valence-corrected chi connectivity index (χ3v) is 3.77. The van der Waals surface area contributed by atoms with E-state index in [1.165, 1.54) is 0 Å². The minimum absolute atomic E-state index is 0.0302. The molecule has 2 N–H and O–H groups in total. The fourth-order valence-electron chi connectivity index (χ4n) is 0.401. The van der Waals surface area contributed by atoms with Crippen LogP contribution >= 0.6 is 0 Å². The van der Waals surface area contributed by atoms with E-state index in [1.807, 2.05) is 0 Å². The monoisotopic (exact) mass is 259 g/mol. The number of nitrogens with one attached hydrogen (secondary N) is 2. The minimum atomic E-state index is -1.32. The van der Waals surface area contributed by atoms with Crippen molar-refractivity contribution in [3.05, 3.63) is 0 Å². The first kappa shape index (κ1) is 10.8. The summed E-state index contributed by atoms with van der Waals surface area (Å²) in [6, 6.07) is 0. The van der Waals surface area contributed by atoms with Gasteiger partial charge in [-0.3, -0.25) is 0 Å². The molecule has 0 spiro atoms. The van der Waals surface area contributed by atoms with Gasteiger partial charge in [-0.2, -0.15) is 0 Å². The van der Waals surface area contributed by atoms with Gasteiger partial charge >= 0.3 is 78.2 Å². The zero-order chi connectivity index (χ0) is 8.69. The molecule has 61 valence electrons. The second-order valence-corrected chi connectivity index (χ2v) is 4.46. The summed E-state index contributed by atoms with van der Waals surface area (Å²) in [5.74, 6) is 0.0604. The fourth-order valence-corrected chi connectivity index (χ4v) is 2.69. The van der Waals surface area contributed by atoms with Gasteiger partial charge in [0.2, 0.25) is 0 Å². The van der Waals surface area contributed by atoms with Crippen molar-refractivity contribution >= 4 is 35.3 Å². The molecular formula is C6H12InN2O2. The van der Waals surface area contributed by atoms with E-state index in [1.54, 1.807) is 13.8 Å². The molecule has 0 atom stereocenters. The van der Waals surface area contributed by atoms with Gasteiger partial charge in [0.15, 0.2) is 0 Å². The molecule has 0 aromatic heterocycles. The van der Waals surface area contributed by atoms with Crippen LogP contribution in [0, 0.1) is 0 Å². The number of hydrogen-bond acceptors (Lipinski definition) is 2. The predicted molar refractivity (Wildman–Crippen MR) is 42.6 cm³/mol.